The fourth-order valence-corrected chi connectivity index (χ4v) is 3.03. The van der Waals surface area contributed by atoms with Crippen LogP contribution in [0.25, 0.3) is 5.57 Å². The lowest BCUT2D eigenvalue weighted by atomic mass is 9.86. The molecule has 1 heterocycles. The molecule has 0 saturated heterocycles. The Hall–Kier alpha value is -2.56. The molecule has 1 aliphatic carbocycles. The number of carboxylic acids is 2. The molecule has 3 rings (SSSR count). The summed E-state index contributed by atoms with van der Waals surface area (Å²) in [5.74, 6) is -2.33. The Balaban J connectivity index is 2.20. The van der Waals surface area contributed by atoms with Gasteiger partial charge in [0.15, 0.2) is 0 Å². The average molecular weight is 271 g/mol. The van der Waals surface area contributed by atoms with Crippen molar-refractivity contribution in [3.05, 3.63) is 47.1 Å². The summed E-state index contributed by atoms with van der Waals surface area (Å²) in [6.07, 6.45) is 1.97. The van der Waals surface area contributed by atoms with Crippen molar-refractivity contribution in [1.29, 1.82) is 0 Å². The van der Waals surface area contributed by atoms with E-state index >= 15 is 0 Å². The highest BCUT2D eigenvalue weighted by atomic mass is 16.4. The van der Waals surface area contributed by atoms with Crippen LogP contribution in [0, 0.1) is 0 Å². The fourth-order valence-electron chi connectivity index (χ4n) is 3.03. The van der Waals surface area contributed by atoms with Crippen LogP contribution in [-0.4, -0.2) is 35.2 Å². The van der Waals surface area contributed by atoms with Gasteiger partial charge in [0.05, 0.1) is 17.2 Å². The van der Waals surface area contributed by atoms with Crippen molar-refractivity contribution < 1.29 is 19.8 Å². The van der Waals surface area contributed by atoms with Crippen molar-refractivity contribution in [2.75, 3.05) is 11.9 Å². The zero-order valence-corrected chi connectivity index (χ0v) is 10.8. The normalized spacial score (nSPS) is 20.4. The maximum Gasteiger partial charge on any atom is 0.334 e. The van der Waals surface area contributed by atoms with Gasteiger partial charge in [-0.15, -0.1) is 0 Å². The third-order valence-electron chi connectivity index (χ3n) is 3.89. The molecule has 20 heavy (non-hydrogen) atoms. The number of aliphatic carboxylic acids is 2. The topological polar surface area (TPSA) is 77.8 Å². The highest BCUT2D eigenvalue weighted by Gasteiger charge is 2.41. The van der Waals surface area contributed by atoms with Gasteiger partial charge in [0.1, 0.15) is 0 Å². The molecule has 5 heteroatoms. The average Bonchev–Trinajstić information content (AvgIpc) is 2.72. The van der Waals surface area contributed by atoms with E-state index in [-0.39, 0.29) is 17.6 Å². The minimum atomic E-state index is -1.17. The summed E-state index contributed by atoms with van der Waals surface area (Å²) < 4.78 is 0. The van der Waals surface area contributed by atoms with Gasteiger partial charge < -0.3 is 15.1 Å². The van der Waals surface area contributed by atoms with E-state index in [0.29, 0.717) is 0 Å². The van der Waals surface area contributed by atoms with E-state index in [1.165, 1.54) is 0 Å². The van der Waals surface area contributed by atoms with Gasteiger partial charge in [0, 0.05) is 18.3 Å². The Morgan fingerprint density at radius 1 is 1.20 bits per heavy atom. The molecule has 1 atom stereocenters. The van der Waals surface area contributed by atoms with Gasteiger partial charge >= 0.3 is 11.9 Å². The first-order valence-electron chi connectivity index (χ1n) is 6.24. The van der Waals surface area contributed by atoms with Crippen LogP contribution >= 0.6 is 0 Å². The molecule has 1 aromatic carbocycles. The number of carboxylic acid groups (broad SMARTS) is 2. The second-order valence-corrected chi connectivity index (χ2v) is 4.90. The van der Waals surface area contributed by atoms with E-state index < -0.39 is 18.0 Å². The molecule has 1 aliphatic heterocycles. The SMILES string of the molecule is CN1c2ccccc2C2=CCC(C(=O)O)=C(C(=O)O)C21. The number of allylic oxidation sites excluding steroid dienone is 1. The van der Waals surface area contributed by atoms with E-state index in [4.69, 9.17) is 0 Å². The summed E-state index contributed by atoms with van der Waals surface area (Å²) >= 11 is 0. The summed E-state index contributed by atoms with van der Waals surface area (Å²) in [4.78, 5) is 24.6. The Kier molecular flexibility index (Phi) is 2.64. The number of hydrogen-bond donors (Lipinski definition) is 2. The maximum atomic E-state index is 11.5. The zero-order valence-electron chi connectivity index (χ0n) is 10.8. The van der Waals surface area contributed by atoms with Crippen molar-refractivity contribution in [3.8, 4) is 0 Å². The molecule has 2 N–H and O–H groups in total. The van der Waals surface area contributed by atoms with Crippen LogP contribution < -0.4 is 4.90 Å². The number of benzene rings is 1. The van der Waals surface area contributed by atoms with E-state index in [0.717, 1.165) is 16.8 Å². The van der Waals surface area contributed by atoms with Crippen LogP contribution in [0.15, 0.2) is 41.5 Å². The number of fused-ring (bicyclic) bond motifs is 3. The highest BCUT2D eigenvalue weighted by Crippen LogP contribution is 2.45. The first-order chi connectivity index (χ1) is 9.52. The van der Waals surface area contributed by atoms with Gasteiger partial charge in [-0.25, -0.2) is 9.59 Å². The summed E-state index contributed by atoms with van der Waals surface area (Å²) in [6, 6.07) is 7.10. The molecular formula is C15H13NO4. The molecule has 1 unspecified atom stereocenters. The first-order valence-corrected chi connectivity index (χ1v) is 6.24. The Labute approximate surface area is 115 Å². The number of hydrogen-bond acceptors (Lipinski definition) is 3. The molecule has 0 radical (unpaired) electrons. The number of nitrogens with zero attached hydrogens (tertiary/aromatic N) is 1. The molecule has 0 bridgehead atoms. The van der Waals surface area contributed by atoms with E-state index in [1.54, 1.807) is 7.05 Å². The minimum Gasteiger partial charge on any atom is -0.478 e. The molecule has 0 aromatic heterocycles. The van der Waals surface area contributed by atoms with Crippen molar-refractivity contribution in [3.63, 3.8) is 0 Å². The number of carbonyl (C=O) groups is 2. The van der Waals surface area contributed by atoms with Gasteiger partial charge in [-0.1, -0.05) is 24.3 Å². The van der Waals surface area contributed by atoms with Gasteiger partial charge in [0.2, 0.25) is 0 Å². The lowest BCUT2D eigenvalue weighted by Crippen LogP contribution is -2.35. The Morgan fingerprint density at radius 3 is 2.55 bits per heavy atom. The van der Waals surface area contributed by atoms with Crippen molar-refractivity contribution in [2.45, 2.75) is 12.5 Å². The van der Waals surface area contributed by atoms with Gasteiger partial charge in [0.25, 0.3) is 0 Å². The molecule has 0 fully saturated rings. The third kappa shape index (κ3) is 1.56. The van der Waals surface area contributed by atoms with Crippen molar-refractivity contribution in [2.24, 2.45) is 0 Å². The van der Waals surface area contributed by atoms with E-state index in [1.807, 2.05) is 35.2 Å². The number of anilines is 1. The van der Waals surface area contributed by atoms with Crippen LogP contribution in [0.1, 0.15) is 12.0 Å². The van der Waals surface area contributed by atoms with Crippen LogP contribution in [0.3, 0.4) is 0 Å². The quantitative estimate of drug-likeness (QED) is 0.857. The van der Waals surface area contributed by atoms with Gasteiger partial charge in [-0.05, 0) is 18.1 Å². The molecule has 0 saturated carbocycles. The standard InChI is InChI=1S/C15H13NO4/c1-16-11-5-3-2-4-8(11)9-6-7-10(14(17)18)12(13(9)16)15(19)20/h2-6,13H,7H2,1H3,(H,17,18)(H,19,20). The summed E-state index contributed by atoms with van der Waals surface area (Å²) in [5.41, 5.74) is 2.71. The lowest BCUT2D eigenvalue weighted by Gasteiger charge is -2.27. The highest BCUT2D eigenvalue weighted by molar-refractivity contribution is 6.07. The first kappa shape index (κ1) is 12.5. The van der Waals surface area contributed by atoms with Crippen molar-refractivity contribution >= 4 is 23.2 Å². The second-order valence-electron chi connectivity index (χ2n) is 4.90. The smallest absolute Gasteiger partial charge is 0.334 e. The van der Waals surface area contributed by atoms with Gasteiger partial charge in [-0.2, -0.15) is 0 Å². The molecule has 2 aliphatic rings. The monoisotopic (exact) mass is 271 g/mol. The number of para-hydroxylation sites is 1. The van der Waals surface area contributed by atoms with E-state index in [2.05, 4.69) is 0 Å². The van der Waals surface area contributed by atoms with Crippen LogP contribution in [-0.2, 0) is 9.59 Å². The molecule has 102 valence electrons. The Bertz CT molecular complexity index is 687. The molecule has 1 aromatic rings. The van der Waals surface area contributed by atoms with Crippen LogP contribution in [0.4, 0.5) is 5.69 Å². The second kappa shape index (κ2) is 4.23. The Morgan fingerprint density at radius 2 is 1.90 bits per heavy atom. The summed E-state index contributed by atoms with van der Waals surface area (Å²) in [5, 5.41) is 18.6. The lowest BCUT2D eigenvalue weighted by molar-refractivity contribution is -0.136. The molecule has 0 amide bonds. The molecular weight excluding hydrogens is 258 g/mol. The maximum absolute atomic E-state index is 11.5. The fraction of sp³-hybridized carbons (Fsp3) is 0.200. The van der Waals surface area contributed by atoms with Crippen LogP contribution in [0.2, 0.25) is 0 Å². The van der Waals surface area contributed by atoms with Gasteiger partial charge in [-0.3, -0.25) is 0 Å². The number of rotatable bonds is 2. The summed E-state index contributed by atoms with van der Waals surface area (Å²) in [6.45, 7) is 0. The largest absolute Gasteiger partial charge is 0.478 e. The third-order valence-corrected chi connectivity index (χ3v) is 3.89. The van der Waals surface area contributed by atoms with Crippen molar-refractivity contribution in [1.82, 2.24) is 0 Å². The zero-order chi connectivity index (χ0) is 14.4. The summed E-state index contributed by atoms with van der Waals surface area (Å²) in [7, 11) is 1.79. The molecule has 0 spiro atoms. The predicted molar refractivity (Wildman–Crippen MR) is 73.5 cm³/mol. The minimum absolute atomic E-state index is 0.0336. The van der Waals surface area contributed by atoms with Crippen LogP contribution in [0.5, 0.6) is 0 Å². The number of likely N-dealkylation sites (N-methyl/N-ethyl adjacent to an activating group) is 1. The van der Waals surface area contributed by atoms with E-state index in [9.17, 15) is 19.8 Å². The predicted octanol–water partition coefficient (Wildman–Crippen LogP) is 1.76. The molecule has 5 nitrogen and oxygen atoms in total.